The van der Waals surface area contributed by atoms with Crippen molar-refractivity contribution < 1.29 is 22.9 Å². The van der Waals surface area contributed by atoms with Crippen LogP contribution in [0.2, 0.25) is 0 Å². The minimum Gasteiger partial charge on any atom is -0.355 e. The highest BCUT2D eigenvalue weighted by atomic mass is 19.1. The van der Waals surface area contributed by atoms with Gasteiger partial charge in [0, 0.05) is 43.5 Å². The molecule has 1 aliphatic carbocycles. The molecular formula is C30H35F2N5O3. The van der Waals surface area contributed by atoms with E-state index in [-0.39, 0.29) is 22.9 Å². The van der Waals surface area contributed by atoms with Gasteiger partial charge in [0.05, 0.1) is 22.7 Å². The molecule has 0 spiro atoms. The average molecular weight is 552 g/mol. The molecule has 40 heavy (non-hydrogen) atoms. The molecule has 2 atom stereocenters. The zero-order valence-electron chi connectivity index (χ0n) is 22.8. The Bertz CT molecular complexity index is 1340. The van der Waals surface area contributed by atoms with Gasteiger partial charge in [0.2, 0.25) is 5.91 Å². The van der Waals surface area contributed by atoms with Gasteiger partial charge in [0.25, 0.3) is 5.91 Å². The van der Waals surface area contributed by atoms with Crippen molar-refractivity contribution in [3.63, 3.8) is 0 Å². The van der Waals surface area contributed by atoms with Crippen LogP contribution in [0.5, 0.6) is 0 Å². The molecule has 1 aliphatic heterocycles. The Morgan fingerprint density at radius 1 is 1.05 bits per heavy atom. The number of carbonyl (C=O) groups excluding carboxylic acids is 2. The van der Waals surface area contributed by atoms with Crippen molar-refractivity contribution in [3.05, 3.63) is 71.7 Å². The molecule has 2 N–H and O–H groups in total. The minimum atomic E-state index is -0.814. The molecule has 0 bridgehead atoms. The lowest BCUT2D eigenvalue weighted by Gasteiger charge is -2.43. The number of aromatic nitrogens is 2. The summed E-state index contributed by atoms with van der Waals surface area (Å²) >= 11 is 0. The van der Waals surface area contributed by atoms with Crippen molar-refractivity contribution in [3.8, 4) is 11.3 Å². The Morgan fingerprint density at radius 3 is 2.58 bits per heavy atom. The van der Waals surface area contributed by atoms with Crippen LogP contribution in [0.15, 0.2) is 53.2 Å². The van der Waals surface area contributed by atoms with Crippen molar-refractivity contribution in [1.29, 1.82) is 0 Å². The first kappa shape index (κ1) is 27.9. The second-order valence-corrected chi connectivity index (χ2v) is 11.3. The highest BCUT2D eigenvalue weighted by Crippen LogP contribution is 2.29. The molecule has 1 saturated carbocycles. The van der Waals surface area contributed by atoms with Crippen LogP contribution in [-0.4, -0.2) is 52.0 Å². The van der Waals surface area contributed by atoms with Crippen LogP contribution in [0.4, 0.5) is 8.78 Å². The number of benzene rings is 1. The van der Waals surface area contributed by atoms with Crippen molar-refractivity contribution in [1.82, 2.24) is 25.7 Å². The molecule has 2 aliphatic rings. The van der Waals surface area contributed by atoms with E-state index in [0.29, 0.717) is 19.0 Å². The molecule has 3 aromatic rings. The van der Waals surface area contributed by atoms with E-state index < -0.39 is 35.0 Å². The first-order valence-corrected chi connectivity index (χ1v) is 13.9. The Kier molecular flexibility index (Phi) is 8.25. The summed E-state index contributed by atoms with van der Waals surface area (Å²) in [7, 11) is 0. The molecule has 2 amide bonds. The maximum Gasteiger partial charge on any atom is 0.273 e. The van der Waals surface area contributed by atoms with E-state index in [1.54, 1.807) is 6.20 Å². The second kappa shape index (κ2) is 11.8. The van der Waals surface area contributed by atoms with Crippen LogP contribution in [0.25, 0.3) is 11.3 Å². The third kappa shape index (κ3) is 6.22. The number of hydrogen-bond acceptors (Lipinski definition) is 6. The first-order valence-electron chi connectivity index (χ1n) is 13.9. The van der Waals surface area contributed by atoms with Gasteiger partial charge < -0.3 is 15.2 Å². The van der Waals surface area contributed by atoms with E-state index in [4.69, 9.17) is 4.52 Å². The summed E-state index contributed by atoms with van der Waals surface area (Å²) in [6.07, 6.45) is 8.15. The largest absolute Gasteiger partial charge is 0.355 e. The Hall–Kier alpha value is -3.66. The van der Waals surface area contributed by atoms with Crippen LogP contribution in [0.1, 0.15) is 68.6 Å². The van der Waals surface area contributed by atoms with E-state index in [0.717, 1.165) is 37.2 Å². The predicted octanol–water partition coefficient (Wildman–Crippen LogP) is 4.82. The normalized spacial score (nSPS) is 20.7. The minimum absolute atomic E-state index is 0.00254. The van der Waals surface area contributed by atoms with E-state index in [1.165, 1.54) is 31.4 Å². The van der Waals surface area contributed by atoms with Crippen molar-refractivity contribution >= 4 is 11.8 Å². The van der Waals surface area contributed by atoms with Crippen LogP contribution in [0, 0.1) is 17.6 Å². The quantitative estimate of drug-likeness (QED) is 0.437. The molecule has 3 heterocycles. The van der Waals surface area contributed by atoms with Gasteiger partial charge in [-0.1, -0.05) is 30.5 Å². The number of rotatable bonds is 7. The van der Waals surface area contributed by atoms with Gasteiger partial charge in [-0.05, 0) is 57.4 Å². The molecule has 212 valence electrons. The molecule has 2 aromatic heterocycles. The number of amides is 2. The lowest BCUT2D eigenvalue weighted by atomic mass is 9.86. The van der Waals surface area contributed by atoms with Gasteiger partial charge in [-0.25, -0.2) is 8.78 Å². The highest BCUT2D eigenvalue weighted by molar-refractivity contribution is 5.94. The van der Waals surface area contributed by atoms with E-state index >= 15 is 0 Å². The molecule has 2 fully saturated rings. The van der Waals surface area contributed by atoms with Crippen LogP contribution >= 0.6 is 0 Å². The van der Waals surface area contributed by atoms with Crippen LogP contribution in [-0.2, 0) is 10.3 Å². The third-order valence-electron chi connectivity index (χ3n) is 8.07. The summed E-state index contributed by atoms with van der Waals surface area (Å²) in [4.78, 5) is 33.8. The fraction of sp³-hybridized carbons (Fsp3) is 0.467. The highest BCUT2D eigenvalue weighted by Gasteiger charge is 2.40. The van der Waals surface area contributed by atoms with Gasteiger partial charge in [-0.3, -0.25) is 19.5 Å². The fourth-order valence-corrected chi connectivity index (χ4v) is 5.83. The molecule has 0 unspecified atom stereocenters. The number of piperidine rings is 1. The molecular weight excluding hydrogens is 516 g/mol. The van der Waals surface area contributed by atoms with Crippen LogP contribution in [0.3, 0.4) is 0 Å². The van der Waals surface area contributed by atoms with Crippen molar-refractivity contribution in [2.75, 3.05) is 13.1 Å². The summed E-state index contributed by atoms with van der Waals surface area (Å²) in [5, 5.41) is 9.96. The summed E-state index contributed by atoms with van der Waals surface area (Å²) < 4.78 is 32.7. The number of carbonyl (C=O) groups is 2. The Balaban J connectivity index is 1.33. The molecule has 1 aromatic carbocycles. The number of nitrogens with one attached hydrogen (secondary N) is 2. The van der Waals surface area contributed by atoms with Gasteiger partial charge >= 0.3 is 0 Å². The summed E-state index contributed by atoms with van der Waals surface area (Å²) in [5.41, 5.74) is -0.00327. The maximum atomic E-state index is 14.2. The second-order valence-electron chi connectivity index (χ2n) is 11.3. The van der Waals surface area contributed by atoms with Gasteiger partial charge in [0.1, 0.15) is 11.6 Å². The smallest absolute Gasteiger partial charge is 0.273 e. The number of pyridine rings is 1. The van der Waals surface area contributed by atoms with Gasteiger partial charge in [-0.2, -0.15) is 0 Å². The number of halogens is 2. The number of nitrogens with zero attached hydrogens (tertiary/aromatic N) is 3. The number of likely N-dealkylation sites (tertiary alicyclic amines) is 1. The first-order chi connectivity index (χ1) is 19.2. The molecule has 5 rings (SSSR count). The van der Waals surface area contributed by atoms with Crippen molar-refractivity contribution in [2.24, 2.45) is 5.92 Å². The zero-order chi connectivity index (χ0) is 28.3. The fourth-order valence-electron chi connectivity index (χ4n) is 5.83. The van der Waals surface area contributed by atoms with E-state index in [9.17, 15) is 18.4 Å². The Labute approximate surface area is 232 Å². The zero-order valence-corrected chi connectivity index (χ0v) is 22.8. The van der Waals surface area contributed by atoms with E-state index in [2.05, 4.69) is 25.7 Å². The van der Waals surface area contributed by atoms with Gasteiger partial charge in [0.15, 0.2) is 11.5 Å². The van der Waals surface area contributed by atoms with Gasteiger partial charge in [-0.15, -0.1) is 0 Å². The topological polar surface area (TPSA) is 100 Å². The third-order valence-corrected chi connectivity index (χ3v) is 8.07. The molecule has 8 nitrogen and oxygen atoms in total. The maximum absolute atomic E-state index is 14.2. The summed E-state index contributed by atoms with van der Waals surface area (Å²) in [6.45, 7) is 5.13. The summed E-state index contributed by atoms with van der Waals surface area (Å²) in [6, 6.07) is 10.00. The lowest BCUT2D eigenvalue weighted by Crippen LogP contribution is -2.59. The van der Waals surface area contributed by atoms with Crippen molar-refractivity contribution in [2.45, 2.75) is 70.0 Å². The monoisotopic (exact) mass is 551 g/mol. The molecule has 10 heteroatoms. The number of hydrogen-bond donors (Lipinski definition) is 2. The summed E-state index contributed by atoms with van der Waals surface area (Å²) in [5.74, 6) is -2.69. The Morgan fingerprint density at radius 2 is 1.85 bits per heavy atom. The average Bonchev–Trinajstić information content (AvgIpc) is 3.44. The molecule has 1 saturated heterocycles. The lowest BCUT2D eigenvalue weighted by molar-refractivity contribution is -0.130. The predicted molar refractivity (Wildman–Crippen MR) is 145 cm³/mol. The molecule has 0 radical (unpaired) electrons. The van der Waals surface area contributed by atoms with Crippen LogP contribution < -0.4 is 10.6 Å². The van der Waals surface area contributed by atoms with E-state index in [1.807, 2.05) is 32.0 Å². The standard InChI is InChI=1S/C30H35F2N5O3/c1-30(2,27-10-6-7-14-33-27)35-28(38)22-18-37(20-8-4-3-5-9-20)15-13-24(22)34-29(39)25-17-26(40-36-25)21-12-11-19(31)16-23(21)32/h6-7,10-12,14,16-17,20,22,24H,3-5,8-9,13,15,18H2,1-2H3,(H,34,39)(H,35,38)/t22-,24-/m1/s1. The SMILES string of the molecule is CC(C)(NC(=O)[C@@H]1CN(C2CCCCC2)CC[C@H]1NC(=O)c1cc(-c2ccc(F)cc2F)on1)c1ccccn1.